The van der Waals surface area contributed by atoms with Crippen molar-refractivity contribution in [3.05, 3.63) is 51.3 Å². The fraction of sp³-hybridized carbons (Fsp3) is 0.560. The highest BCUT2D eigenvalue weighted by Gasteiger charge is 2.40. The molecule has 1 fully saturated rings. The highest BCUT2D eigenvalue weighted by Crippen LogP contribution is 2.38. The van der Waals surface area contributed by atoms with Crippen LogP contribution in [0.5, 0.6) is 0 Å². The van der Waals surface area contributed by atoms with E-state index in [-0.39, 0.29) is 28.9 Å². The van der Waals surface area contributed by atoms with Crippen LogP contribution in [0, 0.1) is 11.3 Å². The number of nitrogens with one attached hydrogen (secondary N) is 1. The summed E-state index contributed by atoms with van der Waals surface area (Å²) in [5, 5.41) is 7.75. The minimum Gasteiger partial charge on any atom is -0.462 e. The molecule has 1 aromatic heterocycles. The van der Waals surface area contributed by atoms with Crippen LogP contribution >= 0.6 is 11.6 Å². The first-order chi connectivity index (χ1) is 17.0. The van der Waals surface area contributed by atoms with Gasteiger partial charge in [0.05, 0.1) is 34.7 Å². The summed E-state index contributed by atoms with van der Waals surface area (Å²) in [5.41, 5.74) is 0.307. The normalized spacial score (nSPS) is 18.3. The first-order valence-corrected chi connectivity index (χ1v) is 12.4. The maximum atomic E-state index is 13.3. The van der Waals surface area contributed by atoms with E-state index in [1.165, 1.54) is 0 Å². The fourth-order valence-corrected chi connectivity index (χ4v) is 5.07. The molecule has 0 bridgehead atoms. The van der Waals surface area contributed by atoms with Crippen molar-refractivity contribution in [3.63, 3.8) is 0 Å². The number of aryl methyl sites for hydroxylation is 1. The maximum absolute atomic E-state index is 13.3. The molecule has 4 rings (SSSR count). The fourth-order valence-electron chi connectivity index (χ4n) is 4.90. The predicted octanol–water partition coefficient (Wildman–Crippen LogP) is 4.69. The van der Waals surface area contributed by atoms with E-state index in [2.05, 4.69) is 10.4 Å². The van der Waals surface area contributed by atoms with E-state index in [1.54, 1.807) is 4.68 Å². The number of amides is 1. The number of hydrogen-bond acceptors (Lipinski definition) is 5. The zero-order valence-electron chi connectivity index (χ0n) is 20.2. The van der Waals surface area contributed by atoms with Gasteiger partial charge in [-0.1, -0.05) is 25.4 Å². The second-order valence-electron chi connectivity index (χ2n) is 9.67. The van der Waals surface area contributed by atoms with Gasteiger partial charge in [-0.3, -0.25) is 9.48 Å². The van der Waals surface area contributed by atoms with E-state index in [9.17, 15) is 22.8 Å². The third kappa shape index (κ3) is 5.54. The van der Waals surface area contributed by atoms with Gasteiger partial charge in [-0.2, -0.15) is 18.3 Å². The zero-order valence-corrected chi connectivity index (χ0v) is 21.0. The van der Waals surface area contributed by atoms with Crippen LogP contribution in [-0.4, -0.2) is 48.0 Å². The molecule has 2 aromatic rings. The van der Waals surface area contributed by atoms with Crippen molar-refractivity contribution in [3.8, 4) is 0 Å². The van der Waals surface area contributed by atoms with Gasteiger partial charge in [0.15, 0.2) is 0 Å². The Bertz CT molecular complexity index is 1140. The van der Waals surface area contributed by atoms with E-state index in [0.717, 1.165) is 36.7 Å². The lowest BCUT2D eigenvalue weighted by molar-refractivity contribution is -0.138. The molecule has 1 spiro atoms. The number of carbonyl (C=O) groups is 2. The quantitative estimate of drug-likeness (QED) is 0.551. The number of nitrogens with zero attached hydrogens (tertiary/aromatic N) is 2. The molecule has 1 saturated heterocycles. The van der Waals surface area contributed by atoms with Crippen LogP contribution in [-0.2, 0) is 35.0 Å². The summed E-state index contributed by atoms with van der Waals surface area (Å²) >= 11 is 5.82. The monoisotopic (exact) mass is 527 g/mol. The average molecular weight is 528 g/mol. The summed E-state index contributed by atoms with van der Waals surface area (Å²) < 4.78 is 52.6. The minimum atomic E-state index is -4.71. The van der Waals surface area contributed by atoms with Crippen molar-refractivity contribution in [1.82, 2.24) is 15.1 Å². The SMILES string of the molecule is CCc1nn(C[C@@H](C)COC(=O)c2cc(Cl)ccc2C(F)(F)F)c2c1C(=O)NCC1(CCOCC1)C2. The van der Waals surface area contributed by atoms with E-state index < -0.39 is 23.3 Å². The second kappa shape index (κ2) is 10.4. The van der Waals surface area contributed by atoms with Crippen molar-refractivity contribution >= 4 is 23.5 Å². The number of halogens is 4. The number of alkyl halides is 3. The Morgan fingerprint density at radius 3 is 2.72 bits per heavy atom. The molecule has 1 atom stereocenters. The molecule has 11 heteroatoms. The first kappa shape index (κ1) is 26.5. The molecule has 1 N–H and O–H groups in total. The third-order valence-corrected chi connectivity index (χ3v) is 7.14. The van der Waals surface area contributed by atoms with Crippen LogP contribution < -0.4 is 5.32 Å². The standard InChI is InChI=1S/C25H29ClF3N3O4/c1-3-19-21-20(11-24(14-30-22(21)33)6-8-35-9-7-24)32(31-19)12-15(2)13-36-23(34)17-10-16(26)4-5-18(17)25(27,28)29/h4-5,10,15H,3,6-9,11-14H2,1-2H3,(H,30,33)/t15-/m1/s1. The predicted molar refractivity (Wildman–Crippen MR) is 126 cm³/mol. The molecule has 36 heavy (non-hydrogen) atoms. The van der Waals surface area contributed by atoms with E-state index in [4.69, 9.17) is 21.1 Å². The molecule has 0 radical (unpaired) electrons. The lowest BCUT2D eigenvalue weighted by Gasteiger charge is -2.36. The van der Waals surface area contributed by atoms with Crippen molar-refractivity contribution in [1.29, 1.82) is 0 Å². The molecule has 1 aromatic carbocycles. The van der Waals surface area contributed by atoms with Crippen LogP contribution in [0.4, 0.5) is 13.2 Å². The van der Waals surface area contributed by atoms with Gasteiger partial charge in [0.25, 0.3) is 5.91 Å². The Kier molecular flexibility index (Phi) is 7.66. The van der Waals surface area contributed by atoms with Gasteiger partial charge in [0, 0.05) is 37.2 Å². The lowest BCUT2D eigenvalue weighted by Crippen LogP contribution is -2.41. The molecule has 1 amide bonds. The van der Waals surface area contributed by atoms with Gasteiger partial charge >= 0.3 is 12.1 Å². The van der Waals surface area contributed by atoms with Crippen LogP contribution in [0.3, 0.4) is 0 Å². The van der Waals surface area contributed by atoms with Gasteiger partial charge in [0.2, 0.25) is 0 Å². The lowest BCUT2D eigenvalue weighted by atomic mass is 9.76. The molecule has 3 heterocycles. The van der Waals surface area contributed by atoms with Gasteiger partial charge in [0.1, 0.15) is 0 Å². The highest BCUT2D eigenvalue weighted by atomic mass is 35.5. The van der Waals surface area contributed by atoms with Gasteiger partial charge < -0.3 is 14.8 Å². The van der Waals surface area contributed by atoms with Crippen molar-refractivity contribution < 1.29 is 32.2 Å². The summed E-state index contributed by atoms with van der Waals surface area (Å²) in [6, 6.07) is 2.81. The average Bonchev–Trinajstić information content (AvgIpc) is 3.10. The minimum absolute atomic E-state index is 0.00893. The third-order valence-electron chi connectivity index (χ3n) is 6.90. The van der Waals surface area contributed by atoms with E-state index in [0.29, 0.717) is 50.4 Å². The van der Waals surface area contributed by atoms with Crippen LogP contribution in [0.2, 0.25) is 5.02 Å². The zero-order chi connectivity index (χ0) is 26.1. The number of esters is 1. The number of benzene rings is 1. The molecule has 2 aliphatic rings. The van der Waals surface area contributed by atoms with Crippen LogP contribution in [0.15, 0.2) is 18.2 Å². The van der Waals surface area contributed by atoms with E-state index >= 15 is 0 Å². The summed E-state index contributed by atoms with van der Waals surface area (Å²) in [5.74, 6) is -1.50. The molecular formula is C25H29ClF3N3O4. The number of carbonyl (C=O) groups excluding carboxylic acids is 2. The Morgan fingerprint density at radius 2 is 2.06 bits per heavy atom. The van der Waals surface area contributed by atoms with Crippen molar-refractivity contribution in [2.24, 2.45) is 11.3 Å². The number of aromatic nitrogens is 2. The largest absolute Gasteiger partial charge is 0.462 e. The smallest absolute Gasteiger partial charge is 0.417 e. The Hall–Kier alpha value is -2.59. The van der Waals surface area contributed by atoms with Gasteiger partial charge in [-0.15, -0.1) is 0 Å². The summed E-state index contributed by atoms with van der Waals surface area (Å²) in [6.45, 7) is 5.81. The first-order valence-electron chi connectivity index (χ1n) is 12.0. The Labute approximate surface area is 212 Å². The molecule has 196 valence electrons. The summed E-state index contributed by atoms with van der Waals surface area (Å²) in [7, 11) is 0. The Balaban J connectivity index is 1.51. The van der Waals surface area contributed by atoms with Crippen LogP contribution in [0.25, 0.3) is 0 Å². The number of hydrogen-bond donors (Lipinski definition) is 1. The van der Waals surface area contributed by atoms with Crippen LogP contribution in [0.1, 0.15) is 64.4 Å². The Morgan fingerprint density at radius 1 is 1.33 bits per heavy atom. The van der Waals surface area contributed by atoms with Crippen molar-refractivity contribution in [2.45, 2.75) is 52.3 Å². The molecule has 0 saturated carbocycles. The topological polar surface area (TPSA) is 82.5 Å². The summed E-state index contributed by atoms with van der Waals surface area (Å²) in [4.78, 5) is 25.5. The summed E-state index contributed by atoms with van der Waals surface area (Å²) in [6.07, 6.45) is -1.81. The number of rotatable bonds is 6. The number of fused-ring (bicyclic) bond motifs is 1. The maximum Gasteiger partial charge on any atom is 0.417 e. The van der Waals surface area contributed by atoms with Gasteiger partial charge in [-0.05, 0) is 49.3 Å². The molecule has 0 aliphatic carbocycles. The number of ether oxygens (including phenoxy) is 2. The molecule has 2 aliphatic heterocycles. The van der Waals surface area contributed by atoms with Gasteiger partial charge in [-0.25, -0.2) is 4.79 Å². The van der Waals surface area contributed by atoms with Crippen molar-refractivity contribution in [2.75, 3.05) is 26.4 Å². The molecular weight excluding hydrogens is 499 g/mol. The molecule has 0 unspecified atom stereocenters. The second-order valence-corrected chi connectivity index (χ2v) is 10.1. The van der Waals surface area contributed by atoms with E-state index in [1.807, 2.05) is 13.8 Å². The highest BCUT2D eigenvalue weighted by molar-refractivity contribution is 6.31. The molecule has 7 nitrogen and oxygen atoms in total.